The van der Waals surface area contributed by atoms with Crippen LogP contribution in [0, 0.1) is 0 Å². The van der Waals surface area contributed by atoms with Gasteiger partial charge in [0.25, 0.3) is 0 Å². The number of halogens is 1. The zero-order valence-corrected chi connectivity index (χ0v) is 15.0. The van der Waals surface area contributed by atoms with Gasteiger partial charge in [0, 0.05) is 43.2 Å². The van der Waals surface area contributed by atoms with Crippen molar-refractivity contribution < 1.29 is 0 Å². The highest BCUT2D eigenvalue weighted by atomic mass is 35.5. The fourth-order valence-electron chi connectivity index (χ4n) is 2.33. The average Bonchev–Trinajstić information content (AvgIpc) is 3.03. The van der Waals surface area contributed by atoms with Crippen LogP contribution in [0.2, 0.25) is 5.02 Å². The third kappa shape index (κ3) is 4.91. The quantitative estimate of drug-likeness (QED) is 0.837. The maximum Gasteiger partial charge on any atom is 0.136 e. The van der Waals surface area contributed by atoms with Gasteiger partial charge in [-0.3, -0.25) is 0 Å². The molecule has 0 bridgehead atoms. The van der Waals surface area contributed by atoms with Gasteiger partial charge in [0.2, 0.25) is 0 Å². The molecule has 0 radical (unpaired) electrons. The number of hydrogen-bond acceptors (Lipinski definition) is 5. The highest BCUT2D eigenvalue weighted by molar-refractivity contribution is 8.22. The van der Waals surface area contributed by atoms with Gasteiger partial charge in [-0.1, -0.05) is 52.9 Å². The summed E-state index contributed by atoms with van der Waals surface area (Å²) in [6.07, 6.45) is 1.97. The van der Waals surface area contributed by atoms with Crippen molar-refractivity contribution in [2.45, 2.75) is 12.3 Å². The zero-order valence-electron chi connectivity index (χ0n) is 12.6. The van der Waals surface area contributed by atoms with E-state index in [4.69, 9.17) is 23.8 Å². The Hall–Kier alpha value is -1.15. The number of benzene rings is 1. The second-order valence-corrected chi connectivity index (χ2v) is 7.37. The van der Waals surface area contributed by atoms with Crippen LogP contribution in [-0.4, -0.2) is 50.4 Å². The summed E-state index contributed by atoms with van der Waals surface area (Å²) in [7, 11) is 0. The molecular weight excluding hydrogens is 350 g/mol. The third-order valence-electron chi connectivity index (χ3n) is 3.56. The van der Waals surface area contributed by atoms with E-state index in [2.05, 4.69) is 20.5 Å². The van der Waals surface area contributed by atoms with E-state index in [0.717, 1.165) is 52.5 Å². The molecule has 23 heavy (non-hydrogen) atoms. The lowest BCUT2D eigenvalue weighted by Gasteiger charge is -2.28. The Kier molecular flexibility index (Phi) is 5.88. The van der Waals surface area contributed by atoms with Crippen molar-refractivity contribution in [3.05, 3.63) is 46.7 Å². The summed E-state index contributed by atoms with van der Waals surface area (Å²) in [5.41, 5.74) is 2.09. The molecular formula is C15H18ClN5S2. The normalized spacial score (nSPS) is 14.9. The van der Waals surface area contributed by atoms with Crippen molar-refractivity contribution in [2.24, 2.45) is 0 Å². The molecule has 1 N–H and O–H groups in total. The van der Waals surface area contributed by atoms with Crippen molar-refractivity contribution in [3.63, 3.8) is 0 Å². The average molecular weight is 368 g/mol. The Balaban J connectivity index is 1.50. The van der Waals surface area contributed by atoms with E-state index in [9.17, 15) is 0 Å². The first-order valence-corrected chi connectivity index (χ1v) is 9.24. The minimum atomic E-state index is 0.692. The van der Waals surface area contributed by atoms with E-state index in [0.29, 0.717) is 6.54 Å². The minimum absolute atomic E-state index is 0.692. The molecule has 2 aromatic rings. The summed E-state index contributed by atoms with van der Waals surface area (Å²) in [5, 5.41) is 12.5. The Morgan fingerprint density at radius 1 is 1.26 bits per heavy atom. The zero-order chi connectivity index (χ0) is 16.1. The molecule has 8 heteroatoms. The molecule has 0 saturated carbocycles. The number of thioether (sulfide) groups is 1. The first kappa shape index (κ1) is 16.7. The highest BCUT2D eigenvalue weighted by Gasteiger charge is 2.14. The summed E-state index contributed by atoms with van der Waals surface area (Å²) < 4.78 is 2.78. The lowest BCUT2D eigenvalue weighted by molar-refractivity contribution is 0.368. The molecule has 0 amide bonds. The molecule has 1 aliphatic rings. The van der Waals surface area contributed by atoms with Gasteiger partial charge in [0.1, 0.15) is 4.32 Å². The lowest BCUT2D eigenvalue weighted by atomic mass is 10.2. The largest absolute Gasteiger partial charge is 0.355 e. The highest BCUT2D eigenvalue weighted by Crippen LogP contribution is 2.16. The summed E-state index contributed by atoms with van der Waals surface area (Å²) in [5.74, 6) is 0.753. The predicted octanol–water partition coefficient (Wildman–Crippen LogP) is 2.40. The van der Waals surface area contributed by atoms with Crippen molar-refractivity contribution in [2.75, 3.05) is 26.2 Å². The molecule has 3 rings (SSSR count). The van der Waals surface area contributed by atoms with Crippen LogP contribution in [0.1, 0.15) is 11.3 Å². The fourth-order valence-corrected chi connectivity index (χ4v) is 3.59. The number of nitrogens with zero attached hydrogens (tertiary/aromatic N) is 4. The topological polar surface area (TPSA) is 46.0 Å². The Labute approximate surface area is 150 Å². The van der Waals surface area contributed by atoms with Gasteiger partial charge in [-0.15, -0.1) is 5.10 Å². The molecule has 0 aliphatic carbocycles. The van der Waals surface area contributed by atoms with Gasteiger partial charge in [-0.25, -0.2) is 4.68 Å². The van der Waals surface area contributed by atoms with Crippen LogP contribution in [0.15, 0.2) is 30.5 Å². The summed E-state index contributed by atoms with van der Waals surface area (Å²) in [6.45, 7) is 4.65. The number of rotatable bonds is 4. The summed E-state index contributed by atoms with van der Waals surface area (Å²) in [6, 6.07) is 7.77. The molecule has 1 aromatic heterocycles. The molecule has 2 heterocycles. The van der Waals surface area contributed by atoms with Crippen LogP contribution in [0.3, 0.4) is 0 Å². The molecule has 1 fully saturated rings. The Bertz CT molecular complexity index is 652. The SMILES string of the molecule is S=C(SCc1cn(Cc2ccc(Cl)cc2)nn1)N1CCNCC1. The van der Waals surface area contributed by atoms with E-state index >= 15 is 0 Å². The van der Waals surface area contributed by atoms with Crippen LogP contribution in [0.4, 0.5) is 0 Å². The van der Waals surface area contributed by atoms with E-state index in [1.54, 1.807) is 11.8 Å². The fraction of sp³-hybridized carbons (Fsp3) is 0.400. The van der Waals surface area contributed by atoms with Gasteiger partial charge in [-0.05, 0) is 17.7 Å². The van der Waals surface area contributed by atoms with Crippen LogP contribution in [-0.2, 0) is 12.3 Å². The maximum atomic E-state index is 5.90. The van der Waals surface area contributed by atoms with Gasteiger partial charge in [0.15, 0.2) is 0 Å². The number of piperazine rings is 1. The lowest BCUT2D eigenvalue weighted by Crippen LogP contribution is -2.44. The van der Waals surface area contributed by atoms with E-state index in [1.807, 2.05) is 35.1 Å². The molecule has 0 spiro atoms. The first-order chi connectivity index (χ1) is 11.2. The molecule has 122 valence electrons. The van der Waals surface area contributed by atoms with Crippen LogP contribution in [0.25, 0.3) is 0 Å². The molecule has 1 aromatic carbocycles. The van der Waals surface area contributed by atoms with Crippen LogP contribution >= 0.6 is 35.6 Å². The number of hydrogen-bond donors (Lipinski definition) is 1. The van der Waals surface area contributed by atoms with Gasteiger partial charge in [-0.2, -0.15) is 0 Å². The van der Waals surface area contributed by atoms with Crippen LogP contribution in [0.5, 0.6) is 0 Å². The third-order valence-corrected chi connectivity index (χ3v) is 5.37. The van der Waals surface area contributed by atoms with Crippen molar-refractivity contribution in [3.8, 4) is 0 Å². The van der Waals surface area contributed by atoms with Gasteiger partial charge in [0.05, 0.1) is 12.2 Å². The Morgan fingerprint density at radius 3 is 2.74 bits per heavy atom. The molecule has 5 nitrogen and oxygen atoms in total. The molecule has 0 atom stereocenters. The predicted molar refractivity (Wildman–Crippen MR) is 98.9 cm³/mol. The number of aromatic nitrogens is 3. The van der Waals surface area contributed by atoms with Gasteiger partial charge < -0.3 is 10.2 Å². The standard InChI is InChI=1S/C15H18ClN5S2/c16-13-3-1-12(2-4-13)9-21-10-14(18-19-21)11-23-15(22)20-7-5-17-6-8-20/h1-4,10,17H,5-9,11H2. The minimum Gasteiger partial charge on any atom is -0.355 e. The summed E-state index contributed by atoms with van der Waals surface area (Å²) in [4.78, 5) is 2.24. The second-order valence-electron chi connectivity index (χ2n) is 5.33. The van der Waals surface area contributed by atoms with Crippen molar-refractivity contribution >= 4 is 39.9 Å². The van der Waals surface area contributed by atoms with Crippen LogP contribution < -0.4 is 5.32 Å². The monoisotopic (exact) mass is 367 g/mol. The van der Waals surface area contributed by atoms with E-state index in [-0.39, 0.29) is 0 Å². The number of thiocarbonyl (C=S) groups is 1. The van der Waals surface area contributed by atoms with Crippen molar-refractivity contribution in [1.82, 2.24) is 25.2 Å². The van der Waals surface area contributed by atoms with Crippen molar-refractivity contribution in [1.29, 1.82) is 0 Å². The molecule has 1 saturated heterocycles. The van der Waals surface area contributed by atoms with E-state index < -0.39 is 0 Å². The Morgan fingerprint density at radius 2 is 2.00 bits per heavy atom. The maximum absolute atomic E-state index is 5.90. The molecule has 0 unspecified atom stereocenters. The van der Waals surface area contributed by atoms with Gasteiger partial charge >= 0.3 is 0 Å². The first-order valence-electron chi connectivity index (χ1n) is 7.46. The smallest absolute Gasteiger partial charge is 0.136 e. The van der Waals surface area contributed by atoms with E-state index in [1.165, 1.54) is 0 Å². The number of nitrogens with one attached hydrogen (secondary N) is 1. The second kappa shape index (κ2) is 8.10. The molecule has 1 aliphatic heterocycles. The summed E-state index contributed by atoms with van der Waals surface area (Å²) >= 11 is 13.0.